The van der Waals surface area contributed by atoms with Crippen molar-refractivity contribution in [3.8, 4) is 0 Å². The van der Waals surface area contributed by atoms with Gasteiger partial charge in [-0.2, -0.15) is 0 Å². The molecule has 1 rings (SSSR count). The monoisotopic (exact) mass is 488 g/mol. The molecule has 0 fully saturated rings. The van der Waals surface area contributed by atoms with Gasteiger partial charge >= 0.3 is 5.97 Å². The molecule has 0 aliphatic rings. The maximum atomic E-state index is 13.1. The van der Waals surface area contributed by atoms with Gasteiger partial charge in [0.2, 0.25) is 17.7 Å². The van der Waals surface area contributed by atoms with Crippen LogP contribution >= 0.6 is 0 Å². The first-order valence-corrected chi connectivity index (χ1v) is 12.0. The number of carbonyl (C=O) groups is 4. The largest absolute Gasteiger partial charge is 0.480 e. The predicted molar refractivity (Wildman–Crippen MR) is 135 cm³/mol. The number of carbonyl (C=O) groups excluding carboxylic acids is 3. The summed E-state index contributed by atoms with van der Waals surface area (Å²) in [7, 11) is 0. The summed E-state index contributed by atoms with van der Waals surface area (Å²) in [6.45, 7) is 12.1. The summed E-state index contributed by atoms with van der Waals surface area (Å²) in [5.74, 6) is -2.31. The maximum absolute atomic E-state index is 13.1. The van der Waals surface area contributed by atoms with E-state index in [9.17, 15) is 19.2 Å². The van der Waals surface area contributed by atoms with Gasteiger partial charge < -0.3 is 21.1 Å². The summed E-state index contributed by atoms with van der Waals surface area (Å²) in [6, 6.07) is 8.03. The average molecular weight is 489 g/mol. The molecule has 1 aromatic carbocycles. The number of hydrogen-bond acceptors (Lipinski definition) is 5. The third-order valence-corrected chi connectivity index (χ3v) is 5.12. The molecule has 0 saturated carbocycles. The summed E-state index contributed by atoms with van der Waals surface area (Å²) >= 11 is 0. The summed E-state index contributed by atoms with van der Waals surface area (Å²) in [5.41, 5.74) is 1.06. The first-order chi connectivity index (χ1) is 16.5. The standard InChI is InChI=1S/C26H40N4O5/c1-6-12-30(16-20-10-8-7-9-11-20)17-23(31)28-22(14-19(4)5)26(35)29-21(13-18(2)3)25(34)27-15-24(32)33/h6-11,18-19,21-22H,1,12-17H2,2-5H3,(H,27,34)(H,28,31)(H,29,35)(H,32,33)/t21-,22-/m0/s1. The topological polar surface area (TPSA) is 128 Å². The number of benzene rings is 1. The molecule has 9 heteroatoms. The van der Waals surface area contributed by atoms with Gasteiger partial charge in [-0.15, -0.1) is 6.58 Å². The number of carboxylic acids is 1. The molecule has 0 aliphatic heterocycles. The minimum atomic E-state index is -1.17. The summed E-state index contributed by atoms with van der Waals surface area (Å²) in [5, 5.41) is 16.7. The van der Waals surface area contributed by atoms with Crippen LogP contribution in [-0.2, 0) is 25.7 Å². The number of nitrogens with zero attached hydrogens (tertiary/aromatic N) is 1. The van der Waals surface area contributed by atoms with E-state index in [1.54, 1.807) is 6.08 Å². The number of rotatable bonds is 16. The summed E-state index contributed by atoms with van der Waals surface area (Å²) in [6.07, 6.45) is 2.45. The Morgan fingerprint density at radius 3 is 2.03 bits per heavy atom. The molecule has 0 saturated heterocycles. The second-order valence-corrected chi connectivity index (χ2v) is 9.50. The van der Waals surface area contributed by atoms with E-state index in [1.807, 2.05) is 62.9 Å². The van der Waals surface area contributed by atoms with E-state index in [-0.39, 0.29) is 24.3 Å². The normalized spacial score (nSPS) is 12.8. The van der Waals surface area contributed by atoms with Gasteiger partial charge in [-0.3, -0.25) is 24.1 Å². The van der Waals surface area contributed by atoms with E-state index in [0.717, 1.165) is 5.56 Å². The highest BCUT2D eigenvalue weighted by Crippen LogP contribution is 2.10. The smallest absolute Gasteiger partial charge is 0.322 e. The van der Waals surface area contributed by atoms with Crippen molar-refractivity contribution in [1.29, 1.82) is 0 Å². The van der Waals surface area contributed by atoms with E-state index in [0.29, 0.717) is 25.9 Å². The van der Waals surface area contributed by atoms with Gasteiger partial charge in [0.15, 0.2) is 0 Å². The Labute approximate surface area is 208 Å². The summed E-state index contributed by atoms with van der Waals surface area (Å²) in [4.78, 5) is 51.2. The van der Waals surface area contributed by atoms with E-state index < -0.39 is 36.4 Å². The van der Waals surface area contributed by atoms with Crippen LogP contribution in [-0.4, -0.2) is 65.4 Å². The molecular weight excluding hydrogens is 448 g/mol. The molecular formula is C26H40N4O5. The lowest BCUT2D eigenvalue weighted by atomic mass is 10.00. The fraction of sp³-hybridized carbons (Fsp3) is 0.538. The third kappa shape index (κ3) is 12.7. The van der Waals surface area contributed by atoms with Crippen molar-refractivity contribution < 1.29 is 24.3 Å². The number of carboxylic acid groups (broad SMARTS) is 1. The second-order valence-electron chi connectivity index (χ2n) is 9.50. The van der Waals surface area contributed by atoms with Crippen molar-refractivity contribution in [2.24, 2.45) is 11.8 Å². The van der Waals surface area contributed by atoms with Crippen LogP contribution in [0, 0.1) is 11.8 Å². The molecule has 0 radical (unpaired) electrons. The lowest BCUT2D eigenvalue weighted by Crippen LogP contribution is -2.55. The maximum Gasteiger partial charge on any atom is 0.322 e. The number of nitrogens with one attached hydrogen (secondary N) is 3. The van der Waals surface area contributed by atoms with Gasteiger partial charge in [-0.1, -0.05) is 64.1 Å². The van der Waals surface area contributed by atoms with Crippen LogP contribution in [0.1, 0.15) is 46.1 Å². The Bertz CT molecular complexity index is 841. The molecule has 0 aliphatic carbocycles. The fourth-order valence-corrected chi connectivity index (χ4v) is 3.62. The van der Waals surface area contributed by atoms with Crippen molar-refractivity contribution >= 4 is 23.7 Å². The lowest BCUT2D eigenvalue weighted by molar-refractivity contribution is -0.138. The Morgan fingerprint density at radius 2 is 1.51 bits per heavy atom. The van der Waals surface area contributed by atoms with Crippen LogP contribution in [0.15, 0.2) is 43.0 Å². The third-order valence-electron chi connectivity index (χ3n) is 5.12. The van der Waals surface area contributed by atoms with Crippen LogP contribution in [0.3, 0.4) is 0 Å². The minimum Gasteiger partial charge on any atom is -0.480 e. The molecule has 2 atom stereocenters. The van der Waals surface area contributed by atoms with E-state index in [4.69, 9.17) is 5.11 Å². The van der Waals surface area contributed by atoms with E-state index in [1.165, 1.54) is 0 Å². The van der Waals surface area contributed by atoms with Gasteiger partial charge in [-0.05, 0) is 30.2 Å². The van der Waals surface area contributed by atoms with E-state index in [2.05, 4.69) is 22.5 Å². The van der Waals surface area contributed by atoms with Gasteiger partial charge in [0.1, 0.15) is 18.6 Å². The number of aliphatic carboxylic acids is 1. The zero-order chi connectivity index (χ0) is 26.4. The summed E-state index contributed by atoms with van der Waals surface area (Å²) < 4.78 is 0. The molecule has 0 bridgehead atoms. The van der Waals surface area contributed by atoms with Crippen molar-refractivity contribution in [3.05, 3.63) is 48.6 Å². The average Bonchev–Trinajstić information content (AvgIpc) is 2.76. The predicted octanol–water partition coefficient (Wildman–Crippen LogP) is 1.94. The van der Waals surface area contributed by atoms with Crippen molar-refractivity contribution in [1.82, 2.24) is 20.9 Å². The quantitative estimate of drug-likeness (QED) is 0.263. The molecule has 1 aromatic rings. The zero-order valence-corrected chi connectivity index (χ0v) is 21.3. The number of hydrogen-bond donors (Lipinski definition) is 4. The Morgan fingerprint density at radius 1 is 0.943 bits per heavy atom. The molecule has 35 heavy (non-hydrogen) atoms. The highest BCUT2D eigenvalue weighted by molar-refractivity contribution is 5.93. The molecule has 194 valence electrons. The molecule has 3 amide bonds. The zero-order valence-electron chi connectivity index (χ0n) is 21.3. The Kier molecular flexibility index (Phi) is 13.3. The van der Waals surface area contributed by atoms with Gasteiger partial charge in [0.25, 0.3) is 0 Å². The van der Waals surface area contributed by atoms with Crippen LogP contribution < -0.4 is 16.0 Å². The highest BCUT2D eigenvalue weighted by Gasteiger charge is 2.28. The van der Waals surface area contributed by atoms with Crippen molar-refractivity contribution in [3.63, 3.8) is 0 Å². The molecule has 0 spiro atoms. The molecule has 0 aromatic heterocycles. The lowest BCUT2D eigenvalue weighted by Gasteiger charge is -2.26. The van der Waals surface area contributed by atoms with Crippen molar-refractivity contribution in [2.45, 2.75) is 59.2 Å². The van der Waals surface area contributed by atoms with Gasteiger partial charge in [0, 0.05) is 13.1 Å². The Hall–Kier alpha value is -3.20. The minimum absolute atomic E-state index is 0.0807. The Balaban J connectivity index is 2.88. The molecule has 4 N–H and O–H groups in total. The van der Waals surface area contributed by atoms with Gasteiger partial charge in [0.05, 0.1) is 6.54 Å². The highest BCUT2D eigenvalue weighted by atomic mass is 16.4. The van der Waals surface area contributed by atoms with Crippen LogP contribution in [0.25, 0.3) is 0 Å². The SMILES string of the molecule is C=CCN(CC(=O)N[C@@H](CC(C)C)C(=O)N[C@@H](CC(C)C)C(=O)NCC(=O)O)Cc1ccccc1. The van der Waals surface area contributed by atoms with Crippen molar-refractivity contribution in [2.75, 3.05) is 19.6 Å². The number of amides is 3. The first kappa shape index (κ1) is 29.8. The molecule has 0 unspecified atom stereocenters. The molecule has 0 heterocycles. The van der Waals surface area contributed by atoms with Gasteiger partial charge in [-0.25, -0.2) is 0 Å². The van der Waals surface area contributed by atoms with Crippen LogP contribution in [0.5, 0.6) is 0 Å². The fourth-order valence-electron chi connectivity index (χ4n) is 3.62. The van der Waals surface area contributed by atoms with Crippen LogP contribution in [0.4, 0.5) is 0 Å². The van der Waals surface area contributed by atoms with Crippen LogP contribution in [0.2, 0.25) is 0 Å². The van der Waals surface area contributed by atoms with E-state index >= 15 is 0 Å². The second kappa shape index (κ2) is 15.7. The first-order valence-electron chi connectivity index (χ1n) is 12.0. The molecule has 9 nitrogen and oxygen atoms in total.